The van der Waals surface area contributed by atoms with Crippen molar-refractivity contribution in [2.45, 2.75) is 19.3 Å². The third kappa shape index (κ3) is 3.83. The maximum atomic E-state index is 11.0. The fraction of sp³-hybridized carbons (Fsp3) is 0.235. The van der Waals surface area contributed by atoms with Crippen LogP contribution in [0.5, 0.6) is 5.75 Å². The van der Waals surface area contributed by atoms with Gasteiger partial charge in [0.05, 0.1) is 23.4 Å². The number of methoxy groups -OCH3 is 1. The van der Waals surface area contributed by atoms with Gasteiger partial charge in [0.25, 0.3) is 5.70 Å². The summed E-state index contributed by atoms with van der Waals surface area (Å²) in [6.07, 6.45) is 5.70. The molecule has 1 aromatic heterocycles. The Labute approximate surface area is 154 Å². The molecule has 1 aromatic carbocycles. The molecule has 0 saturated carbocycles. The highest BCUT2D eigenvalue weighted by molar-refractivity contribution is 7.15. The molecule has 1 N–H and O–H groups in total. The number of thiazole rings is 1. The number of anilines is 2. The number of ether oxygens (including phenoxy) is 1. The summed E-state index contributed by atoms with van der Waals surface area (Å²) in [5.41, 5.74) is 1.67. The molecule has 0 fully saturated rings. The number of hydrogen-bond acceptors (Lipinski definition) is 6. The lowest BCUT2D eigenvalue weighted by Crippen LogP contribution is -2.06. The molecule has 0 spiro atoms. The number of halogens is 1. The van der Waals surface area contributed by atoms with Crippen LogP contribution in [0.2, 0.25) is 5.02 Å². The minimum absolute atomic E-state index is 0.0987. The van der Waals surface area contributed by atoms with E-state index in [0.29, 0.717) is 22.3 Å². The Bertz CT molecular complexity index is 876. The molecule has 0 bridgehead atoms. The predicted molar refractivity (Wildman–Crippen MR) is 99.7 cm³/mol. The van der Waals surface area contributed by atoms with Crippen LogP contribution in [0, 0.1) is 17.0 Å². The highest BCUT2D eigenvalue weighted by atomic mass is 35.5. The number of rotatable bonds is 5. The fourth-order valence-electron chi connectivity index (χ4n) is 2.68. The van der Waals surface area contributed by atoms with Gasteiger partial charge in [-0.15, -0.1) is 11.3 Å². The second kappa shape index (κ2) is 7.25. The highest BCUT2D eigenvalue weighted by Crippen LogP contribution is 2.36. The van der Waals surface area contributed by atoms with E-state index in [1.54, 1.807) is 31.4 Å². The van der Waals surface area contributed by atoms with Crippen molar-refractivity contribution < 1.29 is 9.66 Å². The van der Waals surface area contributed by atoms with Gasteiger partial charge in [-0.1, -0.05) is 17.7 Å². The number of nitrogens with one attached hydrogen (secondary N) is 1. The largest absolute Gasteiger partial charge is 0.495 e. The summed E-state index contributed by atoms with van der Waals surface area (Å²) in [6, 6.07) is 5.30. The Morgan fingerprint density at radius 1 is 1.48 bits per heavy atom. The Kier molecular flexibility index (Phi) is 5.06. The van der Waals surface area contributed by atoms with Gasteiger partial charge in [-0.2, -0.15) is 0 Å². The van der Waals surface area contributed by atoms with Crippen LogP contribution in [0.1, 0.15) is 22.9 Å². The smallest absolute Gasteiger partial charge is 0.265 e. The lowest BCUT2D eigenvalue weighted by atomic mass is 9.95. The third-order valence-electron chi connectivity index (χ3n) is 3.85. The van der Waals surface area contributed by atoms with Crippen molar-refractivity contribution in [1.29, 1.82) is 0 Å². The van der Waals surface area contributed by atoms with E-state index < -0.39 is 0 Å². The number of nitro groups is 1. The molecule has 0 amide bonds. The number of nitrogens with zero attached hydrogens (tertiary/aromatic N) is 2. The van der Waals surface area contributed by atoms with Gasteiger partial charge < -0.3 is 10.1 Å². The van der Waals surface area contributed by atoms with Crippen molar-refractivity contribution >= 4 is 33.8 Å². The summed E-state index contributed by atoms with van der Waals surface area (Å²) in [5.74, 6) is 0.563. The second-order valence-electron chi connectivity index (χ2n) is 5.52. The minimum atomic E-state index is -0.375. The van der Waals surface area contributed by atoms with Gasteiger partial charge >= 0.3 is 0 Å². The number of benzene rings is 1. The molecule has 130 valence electrons. The molecule has 1 heterocycles. The molecule has 6 nitrogen and oxygen atoms in total. The Balaban J connectivity index is 1.88. The van der Waals surface area contributed by atoms with Crippen LogP contribution in [0.25, 0.3) is 0 Å². The fourth-order valence-corrected chi connectivity index (χ4v) is 3.74. The average Bonchev–Trinajstić information content (AvgIpc) is 2.95. The Morgan fingerprint density at radius 2 is 2.28 bits per heavy atom. The van der Waals surface area contributed by atoms with Gasteiger partial charge in [0.15, 0.2) is 5.13 Å². The molecule has 0 aliphatic heterocycles. The first-order valence-corrected chi connectivity index (χ1v) is 8.78. The standard InChI is InChI=1S/C17H16ClN3O3S/c1-10-16(11-4-3-5-13(8-11)21(22)23)20-17(25-10)19-14-9-12(18)6-7-15(14)24-2/h3,5-9,11H,4H2,1-2H3,(H,19,20). The Morgan fingerprint density at radius 3 is 3.00 bits per heavy atom. The van der Waals surface area contributed by atoms with E-state index in [9.17, 15) is 10.1 Å². The zero-order chi connectivity index (χ0) is 18.0. The molecular weight excluding hydrogens is 362 g/mol. The molecule has 0 saturated heterocycles. The molecule has 25 heavy (non-hydrogen) atoms. The zero-order valence-corrected chi connectivity index (χ0v) is 15.2. The van der Waals surface area contributed by atoms with Gasteiger partial charge in [-0.05, 0) is 31.5 Å². The van der Waals surface area contributed by atoms with Crippen molar-refractivity contribution in [3.63, 3.8) is 0 Å². The van der Waals surface area contributed by atoms with Crippen LogP contribution in [-0.4, -0.2) is 17.0 Å². The van der Waals surface area contributed by atoms with Gasteiger partial charge in [-0.25, -0.2) is 4.98 Å². The normalized spacial score (nSPS) is 16.4. The van der Waals surface area contributed by atoms with Gasteiger partial charge in [-0.3, -0.25) is 10.1 Å². The molecular formula is C17H16ClN3O3S. The molecule has 1 aliphatic rings. The van der Waals surface area contributed by atoms with Crippen LogP contribution < -0.4 is 10.1 Å². The van der Waals surface area contributed by atoms with Crippen molar-refractivity contribution in [3.05, 3.63) is 67.8 Å². The monoisotopic (exact) mass is 377 g/mol. The lowest BCUT2D eigenvalue weighted by Gasteiger charge is -2.12. The first kappa shape index (κ1) is 17.4. The average molecular weight is 378 g/mol. The Hall–Kier alpha value is -2.38. The molecule has 1 aliphatic carbocycles. The minimum Gasteiger partial charge on any atom is -0.495 e. The van der Waals surface area contributed by atoms with Crippen molar-refractivity contribution in [1.82, 2.24) is 4.98 Å². The third-order valence-corrected chi connectivity index (χ3v) is 4.99. The van der Waals surface area contributed by atoms with Crippen LogP contribution in [0.4, 0.5) is 10.8 Å². The number of aryl methyl sites for hydroxylation is 1. The highest BCUT2D eigenvalue weighted by Gasteiger charge is 2.22. The topological polar surface area (TPSA) is 77.3 Å². The number of aromatic nitrogens is 1. The summed E-state index contributed by atoms with van der Waals surface area (Å²) < 4.78 is 5.33. The van der Waals surface area contributed by atoms with Crippen molar-refractivity contribution in [2.75, 3.05) is 12.4 Å². The molecule has 0 radical (unpaired) electrons. The summed E-state index contributed by atoms with van der Waals surface area (Å²) in [7, 11) is 1.59. The second-order valence-corrected chi connectivity index (χ2v) is 7.16. The number of allylic oxidation sites excluding steroid dienone is 3. The summed E-state index contributed by atoms with van der Waals surface area (Å²) >= 11 is 7.55. The molecule has 1 atom stereocenters. The van der Waals surface area contributed by atoms with Gasteiger partial charge in [0, 0.05) is 28.0 Å². The maximum Gasteiger partial charge on any atom is 0.265 e. The molecule has 1 unspecified atom stereocenters. The lowest BCUT2D eigenvalue weighted by molar-refractivity contribution is -0.419. The van der Waals surface area contributed by atoms with Crippen LogP contribution >= 0.6 is 22.9 Å². The molecule has 2 aromatic rings. The molecule has 3 rings (SSSR count). The molecule has 8 heteroatoms. The van der Waals surface area contributed by atoms with E-state index in [-0.39, 0.29) is 16.5 Å². The van der Waals surface area contributed by atoms with Crippen LogP contribution in [0.3, 0.4) is 0 Å². The summed E-state index contributed by atoms with van der Waals surface area (Å²) in [6.45, 7) is 1.96. The van der Waals surface area contributed by atoms with E-state index in [2.05, 4.69) is 10.3 Å². The van der Waals surface area contributed by atoms with E-state index in [0.717, 1.165) is 16.3 Å². The summed E-state index contributed by atoms with van der Waals surface area (Å²) in [4.78, 5) is 16.3. The van der Waals surface area contributed by atoms with Gasteiger partial charge in [0.1, 0.15) is 5.75 Å². The van der Waals surface area contributed by atoms with E-state index in [1.807, 2.05) is 13.0 Å². The van der Waals surface area contributed by atoms with E-state index in [4.69, 9.17) is 16.3 Å². The maximum absolute atomic E-state index is 11.0. The van der Waals surface area contributed by atoms with E-state index in [1.165, 1.54) is 17.4 Å². The SMILES string of the molecule is COc1ccc(Cl)cc1Nc1nc(C2C=C([N+](=O)[O-])C=CC2)c(C)s1. The first-order chi connectivity index (χ1) is 12.0. The van der Waals surface area contributed by atoms with Gasteiger partial charge in [0.2, 0.25) is 0 Å². The van der Waals surface area contributed by atoms with Crippen LogP contribution in [-0.2, 0) is 0 Å². The van der Waals surface area contributed by atoms with Crippen molar-refractivity contribution in [2.24, 2.45) is 0 Å². The summed E-state index contributed by atoms with van der Waals surface area (Å²) in [5, 5.41) is 15.5. The zero-order valence-electron chi connectivity index (χ0n) is 13.7. The van der Waals surface area contributed by atoms with Crippen molar-refractivity contribution in [3.8, 4) is 5.75 Å². The van der Waals surface area contributed by atoms with Crippen LogP contribution in [0.15, 0.2) is 42.1 Å². The predicted octanol–water partition coefficient (Wildman–Crippen LogP) is 5.06. The van der Waals surface area contributed by atoms with E-state index >= 15 is 0 Å². The first-order valence-electron chi connectivity index (χ1n) is 7.58. The number of hydrogen-bond donors (Lipinski definition) is 1. The quantitative estimate of drug-likeness (QED) is 0.582.